The van der Waals surface area contributed by atoms with Crippen LogP contribution in [-0.4, -0.2) is 46.6 Å². The highest BCUT2D eigenvalue weighted by Gasteiger charge is 2.49. The van der Waals surface area contributed by atoms with E-state index < -0.39 is 12.0 Å². The number of carboxylic acid groups (broad SMARTS) is 1. The molecule has 1 aliphatic carbocycles. The van der Waals surface area contributed by atoms with Crippen molar-refractivity contribution in [3.63, 3.8) is 0 Å². The van der Waals surface area contributed by atoms with Crippen LogP contribution < -0.4 is 4.90 Å². The maximum Gasteiger partial charge on any atom is 0.320 e. The molecule has 1 N–H and O–H groups in total. The number of hydrogen-bond acceptors (Lipinski definition) is 3. The van der Waals surface area contributed by atoms with E-state index in [0.29, 0.717) is 19.4 Å². The lowest BCUT2D eigenvalue weighted by atomic mass is 10.0. The van der Waals surface area contributed by atoms with Crippen LogP contribution in [0.25, 0.3) is 0 Å². The van der Waals surface area contributed by atoms with Crippen LogP contribution in [0.4, 0.5) is 10.1 Å². The summed E-state index contributed by atoms with van der Waals surface area (Å²) in [7, 11) is 0. The molecular weight excluding hydrogens is 311 g/mol. The van der Waals surface area contributed by atoms with Gasteiger partial charge in [-0.1, -0.05) is 0 Å². The van der Waals surface area contributed by atoms with Crippen molar-refractivity contribution < 1.29 is 19.1 Å². The maximum absolute atomic E-state index is 13.5. The van der Waals surface area contributed by atoms with Crippen molar-refractivity contribution in [2.24, 2.45) is 0 Å². The lowest BCUT2D eigenvalue weighted by molar-refractivity contribution is -0.143. The number of rotatable bonds is 3. The molecule has 1 aromatic rings. The average molecular weight is 332 g/mol. The third-order valence-corrected chi connectivity index (χ3v) is 5.40. The van der Waals surface area contributed by atoms with Gasteiger partial charge >= 0.3 is 5.97 Å². The fraction of sp³-hybridized carbons (Fsp3) is 0.556. The number of carbonyl (C=O) groups excluding carboxylic acids is 1. The van der Waals surface area contributed by atoms with E-state index in [0.717, 1.165) is 36.9 Å². The van der Waals surface area contributed by atoms with Crippen molar-refractivity contribution in [2.45, 2.75) is 56.7 Å². The minimum Gasteiger partial charge on any atom is -0.480 e. The van der Waals surface area contributed by atoms with Crippen LogP contribution in [0.2, 0.25) is 0 Å². The third kappa shape index (κ3) is 2.59. The van der Waals surface area contributed by atoms with Gasteiger partial charge < -0.3 is 10.0 Å². The molecule has 1 aromatic carbocycles. The molecule has 3 aliphatic rings. The van der Waals surface area contributed by atoms with Crippen LogP contribution >= 0.6 is 0 Å². The van der Waals surface area contributed by atoms with E-state index in [-0.39, 0.29) is 23.8 Å². The van der Waals surface area contributed by atoms with Gasteiger partial charge in [0.1, 0.15) is 11.9 Å². The van der Waals surface area contributed by atoms with Gasteiger partial charge in [-0.25, -0.2) is 4.39 Å². The number of fused-ring (bicyclic) bond motifs is 1. The first-order valence-electron chi connectivity index (χ1n) is 8.66. The largest absolute Gasteiger partial charge is 0.480 e. The molecule has 1 saturated carbocycles. The summed E-state index contributed by atoms with van der Waals surface area (Å²) in [6, 6.07) is 3.87. The second kappa shape index (κ2) is 5.84. The number of carboxylic acids is 1. The third-order valence-electron chi connectivity index (χ3n) is 5.40. The van der Waals surface area contributed by atoms with Crippen LogP contribution in [0.15, 0.2) is 18.2 Å². The molecule has 1 saturated heterocycles. The molecule has 4 rings (SSSR count). The van der Waals surface area contributed by atoms with Crippen molar-refractivity contribution in [1.82, 2.24) is 4.90 Å². The highest BCUT2D eigenvalue weighted by molar-refractivity contribution is 5.99. The zero-order valence-electron chi connectivity index (χ0n) is 13.4. The Bertz CT molecular complexity index is 689. The van der Waals surface area contributed by atoms with Gasteiger partial charge in [0.05, 0.1) is 6.04 Å². The van der Waals surface area contributed by atoms with Crippen LogP contribution in [0.1, 0.15) is 37.7 Å². The molecule has 2 unspecified atom stereocenters. The summed E-state index contributed by atoms with van der Waals surface area (Å²) in [4.78, 5) is 28.3. The van der Waals surface area contributed by atoms with Gasteiger partial charge in [-0.15, -0.1) is 0 Å². The van der Waals surface area contributed by atoms with Gasteiger partial charge in [-0.05, 0) is 62.3 Å². The monoisotopic (exact) mass is 332 g/mol. The average Bonchev–Trinajstić information content (AvgIpc) is 3.31. The first kappa shape index (κ1) is 15.6. The van der Waals surface area contributed by atoms with Crippen molar-refractivity contribution >= 4 is 17.6 Å². The second-order valence-corrected chi connectivity index (χ2v) is 6.99. The molecule has 2 atom stereocenters. The summed E-state index contributed by atoms with van der Waals surface area (Å²) in [5.41, 5.74) is 1.64. The van der Waals surface area contributed by atoms with Crippen molar-refractivity contribution in [2.75, 3.05) is 11.4 Å². The van der Waals surface area contributed by atoms with Crippen molar-refractivity contribution in [3.05, 3.63) is 29.6 Å². The molecule has 0 bridgehead atoms. The fourth-order valence-electron chi connectivity index (χ4n) is 4.19. The molecule has 0 spiro atoms. The quantitative estimate of drug-likeness (QED) is 0.922. The summed E-state index contributed by atoms with van der Waals surface area (Å²) in [5, 5.41) is 9.45. The van der Waals surface area contributed by atoms with E-state index in [1.165, 1.54) is 12.1 Å². The Labute approximate surface area is 140 Å². The normalized spacial score (nSPS) is 27.1. The van der Waals surface area contributed by atoms with Gasteiger partial charge in [-0.3, -0.25) is 14.5 Å². The first-order chi connectivity index (χ1) is 11.6. The summed E-state index contributed by atoms with van der Waals surface area (Å²) in [5.74, 6) is -1.15. The van der Waals surface area contributed by atoms with Gasteiger partial charge in [0.15, 0.2) is 0 Å². The minimum atomic E-state index is -0.835. The molecule has 0 aromatic heterocycles. The number of amides is 1. The van der Waals surface area contributed by atoms with E-state index in [9.17, 15) is 19.1 Å². The summed E-state index contributed by atoms with van der Waals surface area (Å²) < 4.78 is 13.5. The molecule has 2 heterocycles. The first-order valence-corrected chi connectivity index (χ1v) is 8.66. The van der Waals surface area contributed by atoms with Crippen LogP contribution in [0.5, 0.6) is 0 Å². The molecule has 2 aliphatic heterocycles. The molecule has 6 heteroatoms. The molecule has 2 fully saturated rings. The Morgan fingerprint density at radius 3 is 2.58 bits per heavy atom. The molecule has 128 valence electrons. The van der Waals surface area contributed by atoms with Gasteiger partial charge in [0.2, 0.25) is 5.91 Å². The second-order valence-electron chi connectivity index (χ2n) is 6.99. The number of hydrogen-bond donors (Lipinski definition) is 1. The zero-order chi connectivity index (χ0) is 16.8. The smallest absolute Gasteiger partial charge is 0.320 e. The van der Waals surface area contributed by atoms with Gasteiger partial charge in [-0.2, -0.15) is 0 Å². The Morgan fingerprint density at radius 1 is 1.12 bits per heavy atom. The number of benzene rings is 1. The maximum atomic E-state index is 13.5. The van der Waals surface area contributed by atoms with Crippen molar-refractivity contribution in [3.8, 4) is 0 Å². The number of likely N-dealkylation sites (tertiary alicyclic amines) is 1. The topological polar surface area (TPSA) is 60.9 Å². The highest BCUT2D eigenvalue weighted by Crippen LogP contribution is 2.39. The molecule has 1 amide bonds. The Kier molecular flexibility index (Phi) is 3.79. The number of anilines is 1. The highest BCUT2D eigenvalue weighted by atomic mass is 19.1. The number of aliphatic carboxylic acids is 1. The Hall–Kier alpha value is -1.95. The van der Waals surface area contributed by atoms with Crippen molar-refractivity contribution in [1.29, 1.82) is 0 Å². The van der Waals surface area contributed by atoms with Crippen LogP contribution in [0, 0.1) is 5.82 Å². The zero-order valence-corrected chi connectivity index (χ0v) is 13.4. The number of halogens is 1. The fourth-order valence-corrected chi connectivity index (χ4v) is 4.19. The molecule has 0 radical (unpaired) electrons. The molecule has 24 heavy (non-hydrogen) atoms. The lowest BCUT2D eigenvalue weighted by Crippen LogP contribution is -2.51. The van der Waals surface area contributed by atoms with E-state index in [4.69, 9.17) is 0 Å². The molecule has 5 nitrogen and oxygen atoms in total. The van der Waals surface area contributed by atoms with E-state index in [1.54, 1.807) is 11.0 Å². The number of nitrogens with zero attached hydrogens (tertiary/aromatic N) is 2. The predicted molar refractivity (Wildman–Crippen MR) is 86.4 cm³/mol. The summed E-state index contributed by atoms with van der Waals surface area (Å²) >= 11 is 0. The van der Waals surface area contributed by atoms with E-state index >= 15 is 0 Å². The van der Waals surface area contributed by atoms with Crippen LogP contribution in [-0.2, 0) is 16.0 Å². The lowest BCUT2D eigenvalue weighted by Gasteiger charge is -2.35. The van der Waals surface area contributed by atoms with Crippen LogP contribution in [0.3, 0.4) is 0 Å². The summed E-state index contributed by atoms with van der Waals surface area (Å²) in [6.45, 7) is 0.615. The predicted octanol–water partition coefficient (Wildman–Crippen LogP) is 2.18. The SMILES string of the molecule is O=C(O)C1CCC(C(=O)N2CCCc3cc(F)ccc32)N1C1CC1. The molecular formula is C18H21FN2O3. The Morgan fingerprint density at radius 2 is 1.88 bits per heavy atom. The standard InChI is InChI=1S/C18H21FN2O3/c19-12-3-6-14-11(10-12)2-1-9-20(14)17(22)15-7-8-16(18(23)24)21(15)13-4-5-13/h3,6,10,13,15-16H,1-2,4-5,7-9H2,(H,23,24). The van der Waals surface area contributed by atoms with Gasteiger partial charge in [0.25, 0.3) is 0 Å². The summed E-state index contributed by atoms with van der Waals surface area (Å²) in [6.07, 6.45) is 4.61. The number of aryl methyl sites for hydroxylation is 1. The number of carbonyl (C=O) groups is 2. The van der Waals surface area contributed by atoms with Gasteiger partial charge in [0, 0.05) is 18.3 Å². The minimum absolute atomic E-state index is 0.0294. The van der Waals surface area contributed by atoms with E-state index in [1.807, 2.05) is 4.90 Å². The van der Waals surface area contributed by atoms with E-state index in [2.05, 4.69) is 0 Å². The Balaban J connectivity index is 1.61.